The largest absolute Gasteiger partial charge is 0.349 e. The summed E-state index contributed by atoms with van der Waals surface area (Å²) in [7, 11) is 0. The number of rotatable bonds is 3. The van der Waals surface area contributed by atoms with Crippen LogP contribution in [-0.4, -0.2) is 16.9 Å². The summed E-state index contributed by atoms with van der Waals surface area (Å²) in [4.78, 5) is 26.0. The quantitative estimate of drug-likeness (QED) is 0.829. The third kappa shape index (κ3) is 3.07. The van der Waals surface area contributed by atoms with E-state index in [1.165, 1.54) is 0 Å². The normalized spacial score (nSPS) is 12.2. The highest BCUT2D eigenvalue weighted by atomic mass is 127. The summed E-state index contributed by atoms with van der Waals surface area (Å²) in [5.74, 6) is -0.312. The Hall–Kier alpha value is -0.850. The molecule has 1 rings (SSSR count). The van der Waals surface area contributed by atoms with Gasteiger partial charge in [0.1, 0.15) is 5.56 Å². The summed E-state index contributed by atoms with van der Waals surface area (Å²) in [6.45, 7) is 5.69. The standard InChI is InChI=1S/C11H15IN2O2/c1-4-6(2)13-10(15)8-5-9(12)7(3)14-11(8)16/h5-6H,4H2,1-3H3,(H,13,15)(H,14,16)/t6-/m1/s1. The fourth-order valence-electron chi connectivity index (χ4n) is 1.17. The first kappa shape index (κ1) is 13.2. The number of H-pyrrole nitrogens is 1. The number of pyridine rings is 1. The number of aryl methyl sites for hydroxylation is 1. The van der Waals surface area contributed by atoms with Gasteiger partial charge in [0.25, 0.3) is 11.5 Å². The van der Waals surface area contributed by atoms with Crippen molar-refractivity contribution < 1.29 is 4.79 Å². The van der Waals surface area contributed by atoms with E-state index in [4.69, 9.17) is 0 Å². The van der Waals surface area contributed by atoms with E-state index in [9.17, 15) is 9.59 Å². The first-order chi connectivity index (χ1) is 7.45. The first-order valence-corrected chi connectivity index (χ1v) is 6.23. The lowest BCUT2D eigenvalue weighted by atomic mass is 10.2. The van der Waals surface area contributed by atoms with E-state index < -0.39 is 0 Å². The lowest BCUT2D eigenvalue weighted by molar-refractivity contribution is 0.0937. The number of aromatic nitrogens is 1. The second-order valence-electron chi connectivity index (χ2n) is 3.77. The van der Waals surface area contributed by atoms with Gasteiger partial charge < -0.3 is 10.3 Å². The third-order valence-corrected chi connectivity index (χ3v) is 3.53. The molecule has 0 saturated carbocycles. The van der Waals surface area contributed by atoms with Crippen molar-refractivity contribution in [3.63, 3.8) is 0 Å². The summed E-state index contributed by atoms with van der Waals surface area (Å²) < 4.78 is 0.881. The Labute approximate surface area is 108 Å². The maximum absolute atomic E-state index is 11.8. The lowest BCUT2D eigenvalue weighted by Crippen LogP contribution is -2.35. The second kappa shape index (κ2) is 5.47. The van der Waals surface area contributed by atoms with Crippen molar-refractivity contribution >= 4 is 28.5 Å². The van der Waals surface area contributed by atoms with E-state index in [0.717, 1.165) is 15.7 Å². The highest BCUT2D eigenvalue weighted by molar-refractivity contribution is 14.1. The molecule has 88 valence electrons. The van der Waals surface area contributed by atoms with E-state index in [1.807, 2.05) is 13.8 Å². The number of amides is 1. The molecule has 0 bridgehead atoms. The summed E-state index contributed by atoms with van der Waals surface area (Å²) in [5.41, 5.74) is 0.625. The van der Waals surface area contributed by atoms with Crippen molar-refractivity contribution in [1.82, 2.24) is 10.3 Å². The molecule has 0 aromatic carbocycles. The van der Waals surface area contributed by atoms with Gasteiger partial charge in [-0.15, -0.1) is 0 Å². The minimum Gasteiger partial charge on any atom is -0.349 e. The van der Waals surface area contributed by atoms with Gasteiger partial charge in [-0.3, -0.25) is 9.59 Å². The van der Waals surface area contributed by atoms with Gasteiger partial charge in [-0.2, -0.15) is 0 Å². The predicted octanol–water partition coefficient (Wildman–Crippen LogP) is 1.82. The van der Waals surface area contributed by atoms with Crippen LogP contribution in [0.1, 0.15) is 36.3 Å². The molecule has 1 atom stereocenters. The molecule has 5 heteroatoms. The number of aromatic amines is 1. The van der Waals surface area contributed by atoms with Gasteiger partial charge in [-0.05, 0) is 48.9 Å². The van der Waals surface area contributed by atoms with Gasteiger partial charge >= 0.3 is 0 Å². The molecule has 1 aromatic rings. The minimum absolute atomic E-state index is 0.0749. The SMILES string of the molecule is CC[C@@H](C)NC(=O)c1cc(I)c(C)[nH]c1=O. The average Bonchev–Trinajstić information content (AvgIpc) is 2.23. The average molecular weight is 334 g/mol. The maximum atomic E-state index is 11.8. The van der Waals surface area contributed by atoms with Crippen LogP contribution in [0.4, 0.5) is 0 Å². The van der Waals surface area contributed by atoms with E-state index in [-0.39, 0.29) is 23.1 Å². The summed E-state index contributed by atoms with van der Waals surface area (Å²) >= 11 is 2.09. The molecule has 0 spiro atoms. The van der Waals surface area contributed by atoms with E-state index in [1.54, 1.807) is 13.0 Å². The topological polar surface area (TPSA) is 62.0 Å². The Morgan fingerprint density at radius 1 is 1.62 bits per heavy atom. The molecule has 0 fully saturated rings. The van der Waals surface area contributed by atoms with Crippen LogP contribution in [0.3, 0.4) is 0 Å². The molecule has 4 nitrogen and oxygen atoms in total. The van der Waals surface area contributed by atoms with Gasteiger partial charge in [0.05, 0.1) is 0 Å². The molecular formula is C11H15IN2O2. The molecule has 1 aromatic heterocycles. The van der Waals surface area contributed by atoms with Gasteiger partial charge in [0.15, 0.2) is 0 Å². The summed E-state index contributed by atoms with van der Waals surface area (Å²) in [5, 5.41) is 2.77. The fraction of sp³-hybridized carbons (Fsp3) is 0.455. The maximum Gasteiger partial charge on any atom is 0.261 e. The number of halogens is 1. The number of hydrogen-bond acceptors (Lipinski definition) is 2. The lowest BCUT2D eigenvalue weighted by Gasteiger charge is -2.11. The Kier molecular flexibility index (Phi) is 4.52. The van der Waals surface area contributed by atoms with E-state index in [0.29, 0.717) is 0 Å². The highest BCUT2D eigenvalue weighted by Crippen LogP contribution is 2.08. The van der Waals surface area contributed by atoms with E-state index in [2.05, 4.69) is 32.9 Å². The molecule has 2 N–H and O–H groups in total. The summed E-state index contributed by atoms with van der Waals surface area (Å²) in [6, 6.07) is 1.69. The van der Waals surface area contributed by atoms with Gasteiger partial charge in [-0.25, -0.2) is 0 Å². The number of nitrogens with one attached hydrogen (secondary N) is 2. The molecule has 16 heavy (non-hydrogen) atoms. The van der Waals surface area contributed by atoms with Crippen molar-refractivity contribution in [2.45, 2.75) is 33.2 Å². The Morgan fingerprint density at radius 3 is 2.81 bits per heavy atom. The molecular weight excluding hydrogens is 319 g/mol. The Balaban J connectivity index is 3.01. The molecule has 1 heterocycles. The molecule has 0 radical (unpaired) electrons. The van der Waals surface area contributed by atoms with Crippen molar-refractivity contribution in [2.24, 2.45) is 0 Å². The predicted molar refractivity (Wildman–Crippen MR) is 71.7 cm³/mol. The van der Waals surface area contributed by atoms with Crippen molar-refractivity contribution in [2.75, 3.05) is 0 Å². The second-order valence-corrected chi connectivity index (χ2v) is 4.93. The Morgan fingerprint density at radius 2 is 2.25 bits per heavy atom. The zero-order chi connectivity index (χ0) is 12.3. The smallest absolute Gasteiger partial charge is 0.261 e. The first-order valence-electron chi connectivity index (χ1n) is 5.16. The zero-order valence-electron chi connectivity index (χ0n) is 9.56. The van der Waals surface area contributed by atoms with Gasteiger partial charge in [-0.1, -0.05) is 6.92 Å². The van der Waals surface area contributed by atoms with Crippen LogP contribution in [0.2, 0.25) is 0 Å². The van der Waals surface area contributed by atoms with Crippen LogP contribution in [0, 0.1) is 10.5 Å². The number of carbonyl (C=O) groups is 1. The molecule has 0 aliphatic heterocycles. The van der Waals surface area contributed by atoms with Crippen LogP contribution in [0.25, 0.3) is 0 Å². The summed E-state index contributed by atoms with van der Waals surface area (Å²) in [6.07, 6.45) is 0.840. The van der Waals surface area contributed by atoms with Crippen LogP contribution in [0.15, 0.2) is 10.9 Å². The monoisotopic (exact) mass is 334 g/mol. The van der Waals surface area contributed by atoms with Crippen molar-refractivity contribution in [3.8, 4) is 0 Å². The number of hydrogen-bond donors (Lipinski definition) is 2. The zero-order valence-corrected chi connectivity index (χ0v) is 11.7. The van der Waals surface area contributed by atoms with Gasteiger partial charge in [0, 0.05) is 15.3 Å². The van der Waals surface area contributed by atoms with Gasteiger partial charge in [0.2, 0.25) is 0 Å². The molecule has 0 saturated heterocycles. The Bertz CT molecular complexity index is 454. The molecule has 0 unspecified atom stereocenters. The van der Waals surface area contributed by atoms with Crippen molar-refractivity contribution in [1.29, 1.82) is 0 Å². The molecule has 0 aliphatic rings. The van der Waals surface area contributed by atoms with Crippen molar-refractivity contribution in [3.05, 3.63) is 31.2 Å². The molecule has 1 amide bonds. The minimum atomic E-state index is -0.335. The van der Waals surface area contributed by atoms with Crippen LogP contribution in [0.5, 0.6) is 0 Å². The fourth-order valence-corrected chi connectivity index (χ4v) is 1.62. The van der Waals surface area contributed by atoms with Crippen LogP contribution >= 0.6 is 22.6 Å². The van der Waals surface area contributed by atoms with Crippen LogP contribution < -0.4 is 10.9 Å². The van der Waals surface area contributed by atoms with E-state index >= 15 is 0 Å². The molecule has 0 aliphatic carbocycles. The number of carbonyl (C=O) groups excluding carboxylic acids is 1. The third-order valence-electron chi connectivity index (χ3n) is 2.41. The van der Waals surface area contributed by atoms with Crippen LogP contribution in [-0.2, 0) is 0 Å². The highest BCUT2D eigenvalue weighted by Gasteiger charge is 2.13.